The maximum atomic E-state index is 10.4. The average Bonchev–Trinajstić information content (AvgIpc) is 2.69. The van der Waals surface area contributed by atoms with Crippen LogP contribution in [0.5, 0.6) is 0 Å². The van der Waals surface area contributed by atoms with E-state index in [1.807, 2.05) is 18.3 Å². The number of nitrogens with one attached hydrogen (secondary N) is 1. The van der Waals surface area contributed by atoms with Crippen LogP contribution >= 0.6 is 27.7 Å². The quantitative estimate of drug-likeness (QED) is 0.650. The first kappa shape index (κ1) is 12.5. The number of aromatic nitrogens is 1. The van der Waals surface area contributed by atoms with E-state index in [0.29, 0.717) is 6.42 Å². The van der Waals surface area contributed by atoms with Crippen LogP contribution in [-0.2, 0) is 4.79 Å². The van der Waals surface area contributed by atoms with Gasteiger partial charge >= 0.3 is 5.97 Å². The third kappa shape index (κ3) is 3.04. The van der Waals surface area contributed by atoms with Gasteiger partial charge in [0.1, 0.15) is 0 Å². The lowest BCUT2D eigenvalue weighted by molar-refractivity contribution is -0.137. The van der Waals surface area contributed by atoms with Crippen molar-refractivity contribution < 1.29 is 9.90 Å². The highest BCUT2D eigenvalue weighted by atomic mass is 79.9. The van der Waals surface area contributed by atoms with E-state index in [-0.39, 0.29) is 6.42 Å². The van der Waals surface area contributed by atoms with Crippen LogP contribution in [0.15, 0.2) is 33.8 Å². The van der Waals surface area contributed by atoms with Crippen LogP contribution in [0.25, 0.3) is 10.9 Å². The van der Waals surface area contributed by atoms with E-state index in [0.717, 1.165) is 15.7 Å². The zero-order chi connectivity index (χ0) is 12.3. The van der Waals surface area contributed by atoms with Crippen molar-refractivity contribution in [3.8, 4) is 0 Å². The number of aromatic amines is 1. The number of carbonyl (C=O) groups is 1. The summed E-state index contributed by atoms with van der Waals surface area (Å²) in [6, 6.07) is 6.06. The number of aliphatic carboxylic acids is 1. The van der Waals surface area contributed by atoms with Crippen LogP contribution in [0.1, 0.15) is 12.8 Å². The zero-order valence-corrected chi connectivity index (χ0v) is 11.5. The lowest BCUT2D eigenvalue weighted by atomic mass is 10.2. The molecule has 17 heavy (non-hydrogen) atoms. The first-order valence-electron chi connectivity index (χ1n) is 5.28. The largest absolute Gasteiger partial charge is 0.481 e. The van der Waals surface area contributed by atoms with Gasteiger partial charge in [-0.3, -0.25) is 4.79 Å². The predicted octanol–water partition coefficient (Wildman–Crippen LogP) is 3.89. The number of hydrogen-bond donors (Lipinski definition) is 2. The van der Waals surface area contributed by atoms with Crippen molar-refractivity contribution in [3.05, 3.63) is 28.9 Å². The molecule has 1 aromatic carbocycles. The van der Waals surface area contributed by atoms with Crippen molar-refractivity contribution in [2.75, 3.05) is 5.75 Å². The highest BCUT2D eigenvalue weighted by Crippen LogP contribution is 2.32. The second-order valence-electron chi connectivity index (χ2n) is 3.66. The van der Waals surface area contributed by atoms with Crippen molar-refractivity contribution in [3.63, 3.8) is 0 Å². The van der Waals surface area contributed by atoms with Gasteiger partial charge in [-0.1, -0.05) is 12.1 Å². The Balaban J connectivity index is 2.04. The molecule has 0 atom stereocenters. The molecule has 0 radical (unpaired) electrons. The first-order valence-corrected chi connectivity index (χ1v) is 7.06. The molecular formula is C12H12BrNO2S. The van der Waals surface area contributed by atoms with E-state index in [1.54, 1.807) is 11.8 Å². The Labute approximate surface area is 112 Å². The number of hydrogen-bond acceptors (Lipinski definition) is 2. The predicted molar refractivity (Wildman–Crippen MR) is 73.6 cm³/mol. The summed E-state index contributed by atoms with van der Waals surface area (Å²) in [5.41, 5.74) is 1.09. The number of rotatable bonds is 5. The number of carboxylic acid groups (broad SMARTS) is 1. The maximum Gasteiger partial charge on any atom is 0.303 e. The van der Waals surface area contributed by atoms with Gasteiger partial charge in [0.25, 0.3) is 0 Å². The topological polar surface area (TPSA) is 53.1 Å². The molecule has 0 aliphatic heterocycles. The Kier molecular flexibility index (Phi) is 4.12. The molecule has 0 bridgehead atoms. The summed E-state index contributed by atoms with van der Waals surface area (Å²) in [4.78, 5) is 14.8. The van der Waals surface area contributed by atoms with E-state index in [1.165, 1.54) is 10.3 Å². The normalized spacial score (nSPS) is 10.9. The van der Waals surface area contributed by atoms with Crippen LogP contribution in [0.2, 0.25) is 0 Å². The monoisotopic (exact) mass is 313 g/mol. The summed E-state index contributed by atoms with van der Waals surface area (Å²) < 4.78 is 1.05. The minimum absolute atomic E-state index is 0.235. The second kappa shape index (κ2) is 5.60. The molecule has 2 N–H and O–H groups in total. The Morgan fingerprint density at radius 3 is 3.06 bits per heavy atom. The fourth-order valence-electron chi connectivity index (χ4n) is 1.62. The molecule has 1 heterocycles. The van der Waals surface area contributed by atoms with Gasteiger partial charge in [-0.05, 0) is 34.2 Å². The SMILES string of the molecule is O=C(O)CCCSc1c[nH]c2c(Br)cccc12. The van der Waals surface area contributed by atoms with E-state index in [2.05, 4.69) is 27.0 Å². The van der Waals surface area contributed by atoms with Crippen LogP contribution in [-0.4, -0.2) is 21.8 Å². The van der Waals surface area contributed by atoms with Gasteiger partial charge in [0.2, 0.25) is 0 Å². The van der Waals surface area contributed by atoms with Gasteiger partial charge in [-0.15, -0.1) is 11.8 Å². The summed E-state index contributed by atoms with van der Waals surface area (Å²) >= 11 is 5.18. The van der Waals surface area contributed by atoms with Crippen LogP contribution in [0.4, 0.5) is 0 Å². The van der Waals surface area contributed by atoms with Gasteiger partial charge < -0.3 is 10.1 Å². The Hall–Kier alpha value is -0.940. The molecule has 1 aromatic heterocycles. The molecular weight excluding hydrogens is 302 g/mol. The van der Waals surface area contributed by atoms with Gasteiger partial charge in [0, 0.05) is 27.4 Å². The van der Waals surface area contributed by atoms with Crippen LogP contribution in [0.3, 0.4) is 0 Å². The van der Waals surface area contributed by atoms with Crippen molar-refractivity contribution in [1.29, 1.82) is 0 Å². The molecule has 0 saturated heterocycles. The molecule has 2 aromatic rings. The highest BCUT2D eigenvalue weighted by Gasteiger charge is 2.06. The molecule has 90 valence electrons. The van der Waals surface area contributed by atoms with Gasteiger partial charge in [-0.25, -0.2) is 0 Å². The molecule has 0 fully saturated rings. The van der Waals surface area contributed by atoms with Crippen LogP contribution < -0.4 is 0 Å². The van der Waals surface area contributed by atoms with Gasteiger partial charge in [0.15, 0.2) is 0 Å². The van der Waals surface area contributed by atoms with E-state index in [9.17, 15) is 4.79 Å². The average molecular weight is 314 g/mol. The van der Waals surface area contributed by atoms with Crippen molar-refractivity contribution in [1.82, 2.24) is 4.98 Å². The number of fused-ring (bicyclic) bond motifs is 1. The smallest absolute Gasteiger partial charge is 0.303 e. The van der Waals surface area contributed by atoms with E-state index >= 15 is 0 Å². The van der Waals surface area contributed by atoms with Crippen molar-refractivity contribution in [2.24, 2.45) is 0 Å². The van der Waals surface area contributed by atoms with Gasteiger partial charge in [-0.2, -0.15) is 0 Å². The molecule has 5 heteroatoms. The Morgan fingerprint density at radius 2 is 2.29 bits per heavy atom. The minimum Gasteiger partial charge on any atom is -0.481 e. The lowest BCUT2D eigenvalue weighted by Crippen LogP contribution is -1.94. The molecule has 3 nitrogen and oxygen atoms in total. The van der Waals surface area contributed by atoms with Crippen LogP contribution in [0, 0.1) is 0 Å². The van der Waals surface area contributed by atoms with E-state index < -0.39 is 5.97 Å². The summed E-state index contributed by atoms with van der Waals surface area (Å²) in [6.45, 7) is 0. The fraction of sp³-hybridized carbons (Fsp3) is 0.250. The molecule has 0 amide bonds. The number of H-pyrrole nitrogens is 1. The molecule has 0 aliphatic rings. The Bertz CT molecular complexity index is 538. The van der Waals surface area contributed by atoms with Crippen molar-refractivity contribution >= 4 is 44.6 Å². The standard InChI is InChI=1S/C12H12BrNO2S/c13-9-4-1-3-8-10(7-14-12(8)9)17-6-2-5-11(15)16/h1,3-4,7,14H,2,5-6H2,(H,15,16). The molecule has 0 aliphatic carbocycles. The number of halogens is 1. The molecule has 2 rings (SSSR count). The zero-order valence-electron chi connectivity index (χ0n) is 9.07. The summed E-state index contributed by atoms with van der Waals surface area (Å²) in [5.74, 6) is 0.0958. The highest BCUT2D eigenvalue weighted by molar-refractivity contribution is 9.10. The number of thioether (sulfide) groups is 1. The van der Waals surface area contributed by atoms with Gasteiger partial charge in [0.05, 0.1) is 5.52 Å². The second-order valence-corrected chi connectivity index (χ2v) is 5.65. The summed E-state index contributed by atoms with van der Waals surface area (Å²) in [7, 11) is 0. The lowest BCUT2D eigenvalue weighted by Gasteiger charge is -1.99. The third-order valence-corrected chi connectivity index (χ3v) is 4.22. The van der Waals surface area contributed by atoms with E-state index in [4.69, 9.17) is 5.11 Å². The first-order chi connectivity index (χ1) is 8.18. The fourth-order valence-corrected chi connectivity index (χ4v) is 3.07. The molecule has 0 spiro atoms. The minimum atomic E-state index is -0.729. The molecule has 0 unspecified atom stereocenters. The van der Waals surface area contributed by atoms with Crippen molar-refractivity contribution in [2.45, 2.75) is 17.7 Å². The Morgan fingerprint density at radius 1 is 1.47 bits per heavy atom. The third-order valence-electron chi connectivity index (χ3n) is 2.42. The maximum absolute atomic E-state index is 10.4. The summed E-state index contributed by atoms with van der Waals surface area (Å²) in [5, 5.41) is 9.74. The summed E-state index contributed by atoms with van der Waals surface area (Å²) in [6.07, 6.45) is 2.90. The number of carboxylic acids is 1. The number of para-hydroxylation sites is 1. The number of benzene rings is 1. The molecule has 0 saturated carbocycles.